The van der Waals surface area contributed by atoms with Gasteiger partial charge in [0, 0.05) is 12.3 Å². The Morgan fingerprint density at radius 3 is 2.44 bits per heavy atom. The molecule has 4 aromatic rings. The lowest BCUT2D eigenvalue weighted by atomic mass is 10.1. The Hall–Kier alpha value is -3.61. The summed E-state index contributed by atoms with van der Waals surface area (Å²) in [5.74, 6) is -0.293. The highest BCUT2D eigenvalue weighted by atomic mass is 32.2. The molecule has 3 aromatic heterocycles. The van der Waals surface area contributed by atoms with Gasteiger partial charge in [-0.1, -0.05) is 12.1 Å². The van der Waals surface area contributed by atoms with Gasteiger partial charge >= 0.3 is 6.18 Å². The molecule has 36 heavy (non-hydrogen) atoms. The van der Waals surface area contributed by atoms with E-state index in [0.29, 0.717) is 16.5 Å². The zero-order valence-electron chi connectivity index (χ0n) is 18.7. The fraction of sp³-hybridized carbons (Fsp3) is 0.261. The molecule has 1 fully saturated rings. The van der Waals surface area contributed by atoms with Crippen molar-refractivity contribution in [1.82, 2.24) is 19.9 Å². The van der Waals surface area contributed by atoms with Crippen LogP contribution in [0.15, 0.2) is 47.4 Å². The van der Waals surface area contributed by atoms with Gasteiger partial charge in [0.15, 0.2) is 11.5 Å². The minimum atomic E-state index is -4.64. The first-order chi connectivity index (χ1) is 17.1. The number of H-pyrrole nitrogens is 1. The van der Waals surface area contributed by atoms with E-state index in [9.17, 15) is 26.2 Å². The molecule has 1 aromatic carbocycles. The van der Waals surface area contributed by atoms with E-state index in [1.807, 2.05) is 12.1 Å². The van der Waals surface area contributed by atoms with Gasteiger partial charge in [-0.25, -0.2) is 23.7 Å². The van der Waals surface area contributed by atoms with Crippen LogP contribution < -0.4 is 10.6 Å². The molecule has 0 saturated heterocycles. The summed E-state index contributed by atoms with van der Waals surface area (Å²) in [6.45, 7) is 0. The summed E-state index contributed by atoms with van der Waals surface area (Å²) in [5.41, 5.74) is 0.803. The van der Waals surface area contributed by atoms with Gasteiger partial charge < -0.3 is 15.6 Å². The van der Waals surface area contributed by atoms with Crippen molar-refractivity contribution < 1.29 is 26.2 Å². The Morgan fingerprint density at radius 1 is 1.00 bits per heavy atom. The number of alkyl halides is 5. The molecule has 5 rings (SSSR count). The Balaban J connectivity index is 1.56. The van der Waals surface area contributed by atoms with E-state index in [1.165, 1.54) is 24.5 Å². The van der Waals surface area contributed by atoms with Crippen molar-refractivity contribution in [2.75, 3.05) is 16.9 Å². The zero-order valence-corrected chi connectivity index (χ0v) is 19.5. The number of halogens is 5. The maximum absolute atomic E-state index is 13.3. The maximum Gasteiger partial charge on any atom is 0.433 e. The van der Waals surface area contributed by atoms with Crippen LogP contribution in [0.1, 0.15) is 42.3 Å². The van der Waals surface area contributed by atoms with E-state index >= 15 is 0 Å². The summed E-state index contributed by atoms with van der Waals surface area (Å²) in [6, 6.07) is 10.3. The number of aromatic amines is 1. The number of imidazole rings is 1. The summed E-state index contributed by atoms with van der Waals surface area (Å²) in [7, 11) is -1.35. The quantitative estimate of drug-likeness (QED) is 0.243. The number of nitrogens with zero attached hydrogens (tertiary/aromatic N) is 3. The van der Waals surface area contributed by atoms with Crippen LogP contribution in [-0.4, -0.2) is 30.4 Å². The zero-order chi connectivity index (χ0) is 25.6. The second kappa shape index (κ2) is 9.12. The normalized spacial score (nSPS) is 14.9. The van der Waals surface area contributed by atoms with Crippen molar-refractivity contribution in [1.29, 1.82) is 0 Å². The molecule has 13 heteroatoms. The average Bonchev–Trinajstić information content (AvgIpc) is 3.57. The predicted molar refractivity (Wildman–Crippen MR) is 125 cm³/mol. The fourth-order valence-corrected chi connectivity index (χ4v) is 4.49. The largest absolute Gasteiger partial charge is 0.433 e. The Kier molecular flexibility index (Phi) is 6.10. The van der Waals surface area contributed by atoms with Crippen molar-refractivity contribution in [3.05, 3.63) is 59.5 Å². The minimum absolute atomic E-state index is 0.0258. The molecule has 1 aliphatic carbocycles. The molecule has 1 unspecified atom stereocenters. The summed E-state index contributed by atoms with van der Waals surface area (Å²) in [5, 5.41) is 5.79. The third kappa shape index (κ3) is 5.01. The molecule has 188 valence electrons. The molecule has 0 bridgehead atoms. The van der Waals surface area contributed by atoms with Gasteiger partial charge in [0.05, 0.1) is 27.1 Å². The second-order valence-corrected chi connectivity index (χ2v) is 9.66. The Labute approximate surface area is 204 Å². The summed E-state index contributed by atoms with van der Waals surface area (Å²) >= 11 is 0. The molecule has 7 nitrogen and oxygen atoms in total. The molecule has 0 radical (unpaired) electrons. The van der Waals surface area contributed by atoms with E-state index in [1.54, 1.807) is 6.07 Å². The van der Waals surface area contributed by atoms with Gasteiger partial charge in [-0.15, -0.1) is 0 Å². The van der Waals surface area contributed by atoms with E-state index in [4.69, 9.17) is 0 Å². The second-order valence-electron chi connectivity index (χ2n) is 8.32. The van der Waals surface area contributed by atoms with Crippen molar-refractivity contribution >= 4 is 45.0 Å². The summed E-state index contributed by atoms with van der Waals surface area (Å²) in [4.78, 5) is 14.6. The standard InChI is InChI=1S/C23H19F5N6OS/c1-36(35)15-9-12(11-5-6-11)7-8-13(15)29-14-10-18(32-21-19(14)33-22(34-21)20(24)25)31-17-4-2-3-16(30-17)23(26,27)28/h2-4,7-11,20H,5-6H2,1H3,(H3,29,30,31,32,33,34). The summed E-state index contributed by atoms with van der Waals surface area (Å²) < 4.78 is 78.3. The first-order valence-electron chi connectivity index (χ1n) is 10.8. The Morgan fingerprint density at radius 2 is 1.78 bits per heavy atom. The third-order valence-electron chi connectivity index (χ3n) is 5.62. The summed E-state index contributed by atoms with van der Waals surface area (Å²) in [6.07, 6.45) is -3.87. The molecular weight excluding hydrogens is 503 g/mol. The van der Waals surface area contributed by atoms with E-state index in [-0.39, 0.29) is 28.5 Å². The molecule has 3 N–H and O–H groups in total. The number of hydrogen-bond acceptors (Lipinski definition) is 6. The van der Waals surface area contributed by atoms with Crippen molar-refractivity contribution in [2.24, 2.45) is 0 Å². The molecule has 1 atom stereocenters. The van der Waals surface area contributed by atoms with Crippen molar-refractivity contribution in [3.63, 3.8) is 0 Å². The highest BCUT2D eigenvalue weighted by Crippen LogP contribution is 2.42. The number of hydrogen-bond donors (Lipinski definition) is 3. The number of anilines is 4. The van der Waals surface area contributed by atoms with Crippen LogP contribution in [-0.2, 0) is 17.0 Å². The van der Waals surface area contributed by atoms with E-state index < -0.39 is 34.9 Å². The SMILES string of the molecule is CS(=O)c1cc(C2CC2)ccc1Nc1cc(Nc2cccc(C(F)(F)F)n2)nc2nc(C(F)F)[nH]c12. The minimum Gasteiger partial charge on any atom is -0.353 e. The van der Waals surface area contributed by atoms with Crippen LogP contribution in [0.3, 0.4) is 0 Å². The lowest BCUT2D eigenvalue weighted by Crippen LogP contribution is -2.09. The van der Waals surface area contributed by atoms with Crippen LogP contribution in [0, 0.1) is 0 Å². The third-order valence-corrected chi connectivity index (χ3v) is 6.57. The predicted octanol–water partition coefficient (Wildman–Crippen LogP) is 6.41. The van der Waals surface area contributed by atoms with Crippen molar-refractivity contribution in [3.8, 4) is 0 Å². The van der Waals surface area contributed by atoms with Gasteiger partial charge in [0.25, 0.3) is 6.43 Å². The highest BCUT2D eigenvalue weighted by Gasteiger charge is 2.32. The van der Waals surface area contributed by atoms with Crippen LogP contribution in [0.4, 0.5) is 45.0 Å². The molecule has 0 spiro atoms. The number of benzene rings is 1. The van der Waals surface area contributed by atoms with Crippen LogP contribution >= 0.6 is 0 Å². The molecule has 1 saturated carbocycles. The fourth-order valence-electron chi connectivity index (χ4n) is 3.76. The molecule has 0 aliphatic heterocycles. The molecule has 3 heterocycles. The van der Waals surface area contributed by atoms with Crippen LogP contribution in [0.5, 0.6) is 0 Å². The maximum atomic E-state index is 13.3. The number of aromatic nitrogens is 4. The van der Waals surface area contributed by atoms with Gasteiger partial charge in [0.2, 0.25) is 0 Å². The smallest absolute Gasteiger partial charge is 0.353 e. The monoisotopic (exact) mass is 522 g/mol. The van der Waals surface area contributed by atoms with Gasteiger partial charge in [-0.3, -0.25) is 4.21 Å². The average molecular weight is 523 g/mol. The first-order valence-corrected chi connectivity index (χ1v) is 12.4. The van der Waals surface area contributed by atoms with Gasteiger partial charge in [0.1, 0.15) is 22.8 Å². The lowest BCUT2D eigenvalue weighted by molar-refractivity contribution is -0.141. The van der Waals surface area contributed by atoms with E-state index in [0.717, 1.165) is 24.5 Å². The highest BCUT2D eigenvalue weighted by molar-refractivity contribution is 7.84. The Bertz CT molecular complexity index is 1470. The molecular formula is C23H19F5N6OS. The van der Waals surface area contributed by atoms with E-state index in [2.05, 4.69) is 30.6 Å². The molecule has 1 aliphatic rings. The topological polar surface area (TPSA) is 95.6 Å². The van der Waals surface area contributed by atoms with Gasteiger partial charge in [-0.05, 0) is 48.6 Å². The van der Waals surface area contributed by atoms with Crippen molar-refractivity contribution in [2.45, 2.75) is 36.3 Å². The molecule has 0 amide bonds. The number of rotatable bonds is 7. The number of nitrogens with one attached hydrogen (secondary N) is 3. The lowest BCUT2D eigenvalue weighted by Gasteiger charge is -2.14. The first kappa shape index (κ1) is 24.1. The number of pyridine rings is 2. The van der Waals surface area contributed by atoms with Crippen LogP contribution in [0.25, 0.3) is 11.2 Å². The van der Waals surface area contributed by atoms with Crippen LogP contribution in [0.2, 0.25) is 0 Å². The number of fused-ring (bicyclic) bond motifs is 1. The van der Waals surface area contributed by atoms with Gasteiger partial charge in [-0.2, -0.15) is 13.2 Å².